The highest BCUT2D eigenvalue weighted by Crippen LogP contribution is 2.76. The van der Waals surface area contributed by atoms with Gasteiger partial charge in [-0.3, -0.25) is 4.79 Å². The van der Waals surface area contributed by atoms with E-state index in [0.717, 1.165) is 12.0 Å². The van der Waals surface area contributed by atoms with E-state index < -0.39 is 220 Å². The second-order valence-corrected chi connectivity index (χ2v) is 30.8. The molecule has 10 fully saturated rings. The van der Waals surface area contributed by atoms with Crippen LogP contribution in [-0.2, 0) is 61.6 Å². The lowest BCUT2D eigenvalue weighted by Gasteiger charge is -2.71. The molecule has 37 atom stereocenters. The first-order valence-corrected chi connectivity index (χ1v) is 33.5. The molecule has 0 bridgehead atoms. The van der Waals surface area contributed by atoms with Crippen LogP contribution in [0, 0.1) is 50.2 Å². The highest BCUT2D eigenvalue weighted by Gasteiger charge is 2.71. The Bertz CT molecular complexity index is 2640. The van der Waals surface area contributed by atoms with Crippen LogP contribution in [0.15, 0.2) is 11.6 Å². The van der Waals surface area contributed by atoms with Gasteiger partial charge in [-0.1, -0.05) is 53.2 Å². The molecule has 5 aliphatic carbocycles. The van der Waals surface area contributed by atoms with Crippen LogP contribution in [0.1, 0.15) is 120 Å². The molecular weight excluding hydrogens is 1250 g/mol. The molecule has 11 aliphatic rings. The topological polar surface area (TPSA) is 472 Å². The monoisotopic (exact) mass is 1350 g/mol. The lowest BCUT2D eigenvalue weighted by Crippen LogP contribution is -2.67. The summed E-state index contributed by atoms with van der Waals surface area (Å²) >= 11 is 0. The third kappa shape index (κ3) is 12.5. The number of allylic oxidation sites excluding steroid dienone is 2. The minimum absolute atomic E-state index is 0.0747. The van der Waals surface area contributed by atoms with Gasteiger partial charge in [-0.2, -0.15) is 0 Å². The fourth-order valence-corrected chi connectivity index (χ4v) is 18.7. The van der Waals surface area contributed by atoms with Crippen LogP contribution in [0.3, 0.4) is 0 Å². The van der Waals surface area contributed by atoms with Crippen molar-refractivity contribution < 1.29 is 148 Å². The summed E-state index contributed by atoms with van der Waals surface area (Å²) in [5.74, 6) is -1.01. The third-order valence-corrected chi connectivity index (χ3v) is 24.9. The van der Waals surface area contributed by atoms with Crippen molar-refractivity contribution in [3.63, 3.8) is 0 Å². The number of hydrogen-bond donors (Lipinski definition) is 17. The summed E-state index contributed by atoms with van der Waals surface area (Å²) in [4.78, 5) is 15.3. The molecule has 0 unspecified atom stereocenters. The Morgan fingerprint density at radius 2 is 1.09 bits per heavy atom. The van der Waals surface area contributed by atoms with Gasteiger partial charge in [0.15, 0.2) is 31.5 Å². The minimum atomic E-state index is -1.92. The fourth-order valence-electron chi connectivity index (χ4n) is 18.7. The molecule has 540 valence electrons. The number of carbonyl (C=O) groups is 1. The Morgan fingerprint density at radius 1 is 0.511 bits per heavy atom. The minimum Gasteiger partial charge on any atom is -0.432 e. The second-order valence-electron chi connectivity index (χ2n) is 30.8. The Hall–Kier alpha value is -1.91. The first-order chi connectivity index (χ1) is 44.1. The highest BCUT2D eigenvalue weighted by molar-refractivity contribution is 5.79. The highest BCUT2D eigenvalue weighted by atomic mass is 16.8. The molecular formula is C64H104O30. The average Bonchev–Trinajstić information content (AvgIpc) is 0.676. The first-order valence-electron chi connectivity index (χ1n) is 33.5. The zero-order valence-corrected chi connectivity index (χ0v) is 54.6. The Kier molecular flexibility index (Phi) is 21.4. The molecule has 0 aromatic heterocycles. The van der Waals surface area contributed by atoms with Crippen LogP contribution in [0.2, 0.25) is 0 Å². The van der Waals surface area contributed by atoms with Crippen molar-refractivity contribution in [2.75, 3.05) is 33.0 Å². The molecule has 0 amide bonds. The Morgan fingerprint density at radius 3 is 1.77 bits per heavy atom. The molecule has 30 nitrogen and oxygen atoms in total. The maximum Gasteiger partial charge on any atom is 0.315 e. The largest absolute Gasteiger partial charge is 0.432 e. The molecule has 0 radical (unpaired) electrons. The molecule has 0 aromatic carbocycles. The van der Waals surface area contributed by atoms with Gasteiger partial charge in [-0.25, -0.2) is 0 Å². The maximum absolute atomic E-state index is 15.3. The summed E-state index contributed by atoms with van der Waals surface area (Å²) < 4.78 is 71.3. The van der Waals surface area contributed by atoms with Gasteiger partial charge in [-0.05, 0) is 117 Å². The molecule has 0 spiro atoms. The summed E-state index contributed by atoms with van der Waals surface area (Å²) in [7, 11) is 0. The van der Waals surface area contributed by atoms with E-state index in [1.807, 2.05) is 6.92 Å². The molecule has 6 aliphatic heterocycles. The van der Waals surface area contributed by atoms with Crippen molar-refractivity contribution in [1.82, 2.24) is 0 Å². The van der Waals surface area contributed by atoms with Crippen LogP contribution in [0.4, 0.5) is 0 Å². The van der Waals surface area contributed by atoms with Crippen LogP contribution in [-0.4, -0.2) is 304 Å². The predicted octanol–water partition coefficient (Wildman–Crippen LogP) is -4.08. The van der Waals surface area contributed by atoms with Crippen molar-refractivity contribution in [1.29, 1.82) is 0 Å². The van der Waals surface area contributed by atoms with Crippen LogP contribution >= 0.6 is 0 Å². The number of aliphatic hydroxyl groups is 17. The van der Waals surface area contributed by atoms with E-state index in [1.54, 1.807) is 0 Å². The van der Waals surface area contributed by atoms with Crippen molar-refractivity contribution >= 4 is 5.97 Å². The van der Waals surface area contributed by atoms with Crippen molar-refractivity contribution in [3.8, 4) is 0 Å². The average molecular weight is 1350 g/mol. The standard InChI is InChI=1S/C64H104O30/c1-25-36(69)41(74)45(78)54(86-25)91-49-31(20-65)88-52(47(80)43(49)76)85-23-32-40(73)42(75)46(79)55(89-32)94-58(82)64-17-15-59(3,4)19-28(64)27-9-10-34-60(5)13-12-35(61(6,24-66)33(60)11-14-63(34,8)62(27,7)16-18-64)90-57-51(39(72)30(68)22-84-57)93-56-48(81)50(37(70)26(2)87-56)92-53-44(77)38(71)29(67)21-83-53/h9,25-26,28-57,65-81H,10-24H2,1-8H3/t25-,26-,28-,29-,30-,31+,32+,33+,34+,35-,36-,37-,38-,39-,40+,41+,42-,43+,44+,45+,46+,47+,48+,49+,50+,51+,52+,53-,54-,55-,56-,57-,60-,61-,62+,63+,64-/m1/s1. The van der Waals surface area contributed by atoms with Crippen molar-refractivity contribution in [2.45, 2.75) is 298 Å². The summed E-state index contributed by atoms with van der Waals surface area (Å²) in [5.41, 5.74) is -2.22. The number of rotatable bonds is 15. The number of aliphatic hydroxyl groups excluding tert-OH is 17. The lowest BCUT2D eigenvalue weighted by atomic mass is 9.33. The molecule has 11 rings (SSSR count). The van der Waals surface area contributed by atoms with Crippen LogP contribution in [0.25, 0.3) is 0 Å². The van der Waals surface area contributed by atoms with Crippen molar-refractivity contribution in [2.24, 2.45) is 50.2 Å². The SMILES string of the molecule is C[C@H]1O[C@H](O[C@@H]2[C@@H](O)[C@H](O)[C@@H](OC[C@@H]3O[C@H](OC(=O)[C@@]45CCC(C)(C)C[C@@H]4C4=CC[C@H]6[C@]7(C)CC[C@@H](O[C@H]8OC[C@@H](O)[C@@H](O)[C@@H]8O[C@H]8O[C@H](C)[C@@H](O)[C@H](O[C@H]9OC[C@@H](O)[C@@H](O)[C@@H]9O)[C@@H]8O)[C@](C)(CO)[C@H]7CC[C@]6(C)[C@@]4(C)CC5)[C@@H](O)[C@H](O)[C@H]3O)O[C@H]2CO)[C@@H](O)[C@@H](O)[C@@H]1O. The van der Waals surface area contributed by atoms with E-state index in [0.29, 0.717) is 57.8 Å². The number of esters is 1. The van der Waals surface area contributed by atoms with Crippen molar-refractivity contribution in [3.05, 3.63) is 11.6 Å². The number of ether oxygens (including phenoxy) is 12. The van der Waals surface area contributed by atoms with E-state index in [4.69, 9.17) is 56.8 Å². The third-order valence-electron chi connectivity index (χ3n) is 24.9. The number of carbonyl (C=O) groups excluding carboxylic acids is 1. The Labute approximate surface area is 545 Å². The van der Waals surface area contributed by atoms with Gasteiger partial charge >= 0.3 is 5.97 Å². The molecule has 30 heteroatoms. The summed E-state index contributed by atoms with van der Waals surface area (Å²) in [6.45, 7) is 13.7. The van der Waals surface area contributed by atoms with Gasteiger partial charge in [-0.15, -0.1) is 0 Å². The quantitative estimate of drug-likeness (QED) is 0.0421. The van der Waals surface area contributed by atoms with Gasteiger partial charge in [0.25, 0.3) is 0 Å². The molecule has 6 saturated heterocycles. The molecule has 17 N–H and O–H groups in total. The summed E-state index contributed by atoms with van der Waals surface area (Å²) in [6, 6.07) is 0. The molecule has 94 heavy (non-hydrogen) atoms. The Balaban J connectivity index is 0.771. The zero-order chi connectivity index (χ0) is 68.4. The first kappa shape index (κ1) is 73.3. The van der Waals surface area contributed by atoms with Gasteiger partial charge in [0, 0.05) is 5.41 Å². The second kappa shape index (κ2) is 27.5. The van der Waals surface area contributed by atoms with Crippen LogP contribution < -0.4 is 0 Å². The number of hydrogen-bond acceptors (Lipinski definition) is 30. The van der Waals surface area contributed by atoms with E-state index >= 15 is 4.79 Å². The van der Waals surface area contributed by atoms with Gasteiger partial charge in [0.2, 0.25) is 6.29 Å². The normalized spacial score (nSPS) is 55.3. The maximum atomic E-state index is 15.3. The smallest absolute Gasteiger partial charge is 0.315 e. The fraction of sp³-hybridized carbons (Fsp3) is 0.953. The van der Waals surface area contributed by atoms with E-state index in [-0.39, 0.29) is 47.2 Å². The number of fused-ring (bicyclic) bond motifs is 7. The van der Waals surface area contributed by atoms with E-state index in [9.17, 15) is 86.8 Å². The molecule has 6 heterocycles. The summed E-state index contributed by atoms with van der Waals surface area (Å²) in [6.07, 6.45) is -37.4. The lowest BCUT2D eigenvalue weighted by molar-refractivity contribution is -0.379. The van der Waals surface area contributed by atoms with Gasteiger partial charge in [0.05, 0.1) is 56.8 Å². The van der Waals surface area contributed by atoms with Crippen LogP contribution in [0.5, 0.6) is 0 Å². The molecule has 4 saturated carbocycles. The van der Waals surface area contributed by atoms with Gasteiger partial charge < -0.3 is 144 Å². The molecule has 0 aromatic rings. The zero-order valence-electron chi connectivity index (χ0n) is 54.6. The van der Waals surface area contributed by atoms with E-state index in [1.165, 1.54) is 13.8 Å². The van der Waals surface area contributed by atoms with Gasteiger partial charge in [0.1, 0.15) is 122 Å². The van der Waals surface area contributed by atoms with E-state index in [2.05, 4.69) is 40.7 Å². The summed E-state index contributed by atoms with van der Waals surface area (Å²) in [5, 5.41) is 185. The predicted molar refractivity (Wildman–Crippen MR) is 315 cm³/mol.